The molecule has 2 rings (SSSR count). The van der Waals surface area contributed by atoms with Gasteiger partial charge in [-0.3, -0.25) is 0 Å². The summed E-state index contributed by atoms with van der Waals surface area (Å²) in [6.07, 6.45) is 0. The zero-order chi connectivity index (χ0) is 11.8. The van der Waals surface area contributed by atoms with Gasteiger partial charge in [-0.2, -0.15) is 0 Å². The second kappa shape index (κ2) is 4.10. The van der Waals surface area contributed by atoms with Crippen LogP contribution in [0.5, 0.6) is 0 Å². The first-order valence-electron chi connectivity index (χ1n) is 6.07. The van der Waals surface area contributed by atoms with Crippen molar-refractivity contribution in [2.24, 2.45) is 0 Å². The van der Waals surface area contributed by atoms with Crippen LogP contribution in [0.2, 0.25) is 0 Å². The maximum Gasteiger partial charge on any atom is 0.0446 e. The molecule has 0 saturated heterocycles. The summed E-state index contributed by atoms with van der Waals surface area (Å²) in [5.74, 6) is 0. The average molecular weight is 218 g/mol. The first-order valence-corrected chi connectivity index (χ1v) is 6.07. The Morgan fingerprint density at radius 1 is 1.25 bits per heavy atom. The standard InChI is InChI=1S/C14H22N2/c1-11-6-5-7-12-10-15-8-9-16(13(11)12)14(2,3)4/h5-7,15H,8-10H2,1-4H3. The summed E-state index contributed by atoms with van der Waals surface area (Å²) in [5, 5.41) is 3.49. The van der Waals surface area contributed by atoms with Crippen LogP contribution in [-0.4, -0.2) is 18.6 Å². The van der Waals surface area contributed by atoms with Crippen LogP contribution in [-0.2, 0) is 6.54 Å². The number of para-hydroxylation sites is 1. The molecule has 1 aliphatic heterocycles. The van der Waals surface area contributed by atoms with Gasteiger partial charge in [0.05, 0.1) is 0 Å². The Hall–Kier alpha value is -1.02. The number of nitrogens with zero attached hydrogens (tertiary/aromatic N) is 1. The molecule has 0 aromatic heterocycles. The van der Waals surface area contributed by atoms with E-state index in [2.05, 4.69) is 56.1 Å². The average Bonchev–Trinajstić information content (AvgIpc) is 2.39. The number of benzene rings is 1. The monoisotopic (exact) mass is 218 g/mol. The molecule has 1 aromatic rings. The molecular formula is C14H22N2. The van der Waals surface area contributed by atoms with Crippen LogP contribution < -0.4 is 10.2 Å². The Kier molecular flexibility index (Phi) is 2.94. The Bertz CT molecular complexity index is 377. The van der Waals surface area contributed by atoms with Crippen molar-refractivity contribution in [3.05, 3.63) is 29.3 Å². The molecule has 0 amide bonds. The molecule has 88 valence electrons. The molecule has 0 bridgehead atoms. The van der Waals surface area contributed by atoms with E-state index in [0.717, 1.165) is 19.6 Å². The third-order valence-corrected chi connectivity index (χ3v) is 3.23. The summed E-state index contributed by atoms with van der Waals surface area (Å²) < 4.78 is 0. The Morgan fingerprint density at radius 3 is 2.69 bits per heavy atom. The molecule has 1 aliphatic rings. The highest BCUT2D eigenvalue weighted by Gasteiger charge is 2.26. The largest absolute Gasteiger partial charge is 0.365 e. The van der Waals surface area contributed by atoms with Crippen molar-refractivity contribution in [1.29, 1.82) is 0 Å². The molecule has 1 N–H and O–H groups in total. The Labute approximate surface area is 98.7 Å². The molecule has 0 unspecified atom stereocenters. The molecule has 0 radical (unpaired) electrons. The van der Waals surface area contributed by atoms with Crippen molar-refractivity contribution in [3.8, 4) is 0 Å². The zero-order valence-electron chi connectivity index (χ0n) is 10.8. The smallest absolute Gasteiger partial charge is 0.0446 e. The SMILES string of the molecule is Cc1cccc2c1N(C(C)(C)C)CCNC2. The van der Waals surface area contributed by atoms with E-state index in [1.54, 1.807) is 0 Å². The summed E-state index contributed by atoms with van der Waals surface area (Å²) in [6, 6.07) is 6.60. The van der Waals surface area contributed by atoms with Crippen molar-refractivity contribution in [1.82, 2.24) is 5.32 Å². The van der Waals surface area contributed by atoms with E-state index in [-0.39, 0.29) is 5.54 Å². The number of hydrogen-bond donors (Lipinski definition) is 1. The van der Waals surface area contributed by atoms with Crippen LogP contribution in [0.4, 0.5) is 5.69 Å². The molecule has 2 nitrogen and oxygen atoms in total. The van der Waals surface area contributed by atoms with E-state index < -0.39 is 0 Å². The first kappa shape index (κ1) is 11.5. The highest BCUT2D eigenvalue weighted by atomic mass is 15.2. The molecule has 1 heterocycles. The molecule has 1 aromatic carbocycles. The fourth-order valence-corrected chi connectivity index (χ4v) is 2.45. The highest BCUT2D eigenvalue weighted by molar-refractivity contribution is 5.61. The van der Waals surface area contributed by atoms with Crippen LogP contribution in [0.1, 0.15) is 31.9 Å². The van der Waals surface area contributed by atoms with Crippen LogP contribution in [0.15, 0.2) is 18.2 Å². The van der Waals surface area contributed by atoms with Crippen molar-refractivity contribution in [2.45, 2.75) is 39.8 Å². The van der Waals surface area contributed by atoms with Gasteiger partial charge in [0, 0.05) is 30.9 Å². The summed E-state index contributed by atoms with van der Waals surface area (Å²) in [6.45, 7) is 12.2. The summed E-state index contributed by atoms with van der Waals surface area (Å²) >= 11 is 0. The van der Waals surface area contributed by atoms with Gasteiger partial charge < -0.3 is 10.2 Å². The number of nitrogens with one attached hydrogen (secondary N) is 1. The lowest BCUT2D eigenvalue weighted by Gasteiger charge is -2.38. The number of aryl methyl sites for hydroxylation is 1. The van der Waals surface area contributed by atoms with Gasteiger partial charge >= 0.3 is 0 Å². The summed E-state index contributed by atoms with van der Waals surface area (Å²) in [4.78, 5) is 2.53. The Morgan fingerprint density at radius 2 is 2.00 bits per heavy atom. The highest BCUT2D eigenvalue weighted by Crippen LogP contribution is 2.31. The predicted molar refractivity (Wildman–Crippen MR) is 70.0 cm³/mol. The quantitative estimate of drug-likeness (QED) is 0.720. The van der Waals surface area contributed by atoms with Crippen molar-refractivity contribution in [2.75, 3.05) is 18.0 Å². The molecule has 0 aliphatic carbocycles. The fourth-order valence-electron chi connectivity index (χ4n) is 2.45. The topological polar surface area (TPSA) is 15.3 Å². The van der Waals surface area contributed by atoms with Crippen LogP contribution in [0, 0.1) is 6.92 Å². The lowest BCUT2D eigenvalue weighted by atomic mass is 10.00. The van der Waals surface area contributed by atoms with Gasteiger partial charge in [-0.15, -0.1) is 0 Å². The Balaban J connectivity index is 2.51. The van der Waals surface area contributed by atoms with Gasteiger partial charge in [-0.25, -0.2) is 0 Å². The third kappa shape index (κ3) is 2.07. The van der Waals surface area contributed by atoms with Crippen molar-refractivity contribution in [3.63, 3.8) is 0 Å². The minimum Gasteiger partial charge on any atom is -0.365 e. The first-order chi connectivity index (χ1) is 7.50. The van der Waals surface area contributed by atoms with Crippen LogP contribution >= 0.6 is 0 Å². The van der Waals surface area contributed by atoms with Gasteiger partial charge in [0.1, 0.15) is 0 Å². The molecule has 16 heavy (non-hydrogen) atoms. The van der Waals surface area contributed by atoms with E-state index in [4.69, 9.17) is 0 Å². The molecule has 0 saturated carbocycles. The normalized spacial score (nSPS) is 16.9. The van der Waals surface area contributed by atoms with Gasteiger partial charge in [0.25, 0.3) is 0 Å². The van der Waals surface area contributed by atoms with E-state index in [1.807, 2.05) is 0 Å². The molecule has 2 heteroatoms. The maximum absolute atomic E-state index is 3.49. The lowest BCUT2D eigenvalue weighted by molar-refractivity contribution is 0.501. The number of rotatable bonds is 0. The molecular weight excluding hydrogens is 196 g/mol. The van der Waals surface area contributed by atoms with Crippen molar-refractivity contribution >= 4 is 5.69 Å². The molecule has 0 atom stereocenters. The van der Waals surface area contributed by atoms with E-state index in [9.17, 15) is 0 Å². The number of anilines is 1. The maximum atomic E-state index is 3.49. The lowest BCUT2D eigenvalue weighted by Crippen LogP contribution is -2.44. The van der Waals surface area contributed by atoms with E-state index in [0.29, 0.717) is 0 Å². The second-order valence-corrected chi connectivity index (χ2v) is 5.58. The fraction of sp³-hybridized carbons (Fsp3) is 0.571. The summed E-state index contributed by atoms with van der Waals surface area (Å²) in [5.41, 5.74) is 4.43. The van der Waals surface area contributed by atoms with E-state index in [1.165, 1.54) is 16.8 Å². The summed E-state index contributed by atoms with van der Waals surface area (Å²) in [7, 11) is 0. The van der Waals surface area contributed by atoms with Crippen LogP contribution in [0.3, 0.4) is 0 Å². The zero-order valence-corrected chi connectivity index (χ0v) is 10.8. The minimum absolute atomic E-state index is 0.187. The predicted octanol–water partition coefficient (Wildman–Crippen LogP) is 2.70. The van der Waals surface area contributed by atoms with Crippen LogP contribution in [0.25, 0.3) is 0 Å². The van der Waals surface area contributed by atoms with Gasteiger partial charge in [-0.1, -0.05) is 18.2 Å². The minimum atomic E-state index is 0.187. The van der Waals surface area contributed by atoms with Crippen molar-refractivity contribution < 1.29 is 0 Å². The van der Waals surface area contributed by atoms with Gasteiger partial charge in [0.15, 0.2) is 0 Å². The van der Waals surface area contributed by atoms with Gasteiger partial charge in [-0.05, 0) is 38.8 Å². The molecule has 0 fully saturated rings. The second-order valence-electron chi connectivity index (χ2n) is 5.58. The van der Waals surface area contributed by atoms with Gasteiger partial charge in [0.2, 0.25) is 0 Å². The van der Waals surface area contributed by atoms with E-state index >= 15 is 0 Å². The number of fused-ring (bicyclic) bond motifs is 1. The number of hydrogen-bond acceptors (Lipinski definition) is 2. The third-order valence-electron chi connectivity index (χ3n) is 3.23. The molecule has 0 spiro atoms.